The van der Waals surface area contributed by atoms with Gasteiger partial charge in [0, 0.05) is 37.6 Å². The van der Waals surface area contributed by atoms with Crippen molar-refractivity contribution in [3.8, 4) is 0 Å². The normalized spacial score (nSPS) is 23.7. The number of aliphatic hydroxyl groups excluding tert-OH is 1. The average Bonchev–Trinajstić information content (AvgIpc) is 3.02. The number of anilines is 2. The first-order valence-electron chi connectivity index (χ1n) is 8.71. The zero-order chi connectivity index (χ0) is 16.2. The number of likely N-dealkylation sites (tertiary alicyclic amines) is 1. The summed E-state index contributed by atoms with van der Waals surface area (Å²) in [6.45, 7) is 5.52. The van der Waals surface area contributed by atoms with Crippen LogP contribution in [0.15, 0.2) is 24.3 Å². The van der Waals surface area contributed by atoms with Gasteiger partial charge in [-0.15, -0.1) is 0 Å². The van der Waals surface area contributed by atoms with Gasteiger partial charge in [0.2, 0.25) is 5.91 Å². The summed E-state index contributed by atoms with van der Waals surface area (Å²) < 4.78 is 0. The summed E-state index contributed by atoms with van der Waals surface area (Å²) in [5, 5.41) is 12.6. The number of hydrogen-bond acceptors (Lipinski definition) is 4. The van der Waals surface area contributed by atoms with Gasteiger partial charge in [0.1, 0.15) is 0 Å². The molecule has 3 rings (SSSR count). The molecule has 2 N–H and O–H groups in total. The Balaban J connectivity index is 1.56. The van der Waals surface area contributed by atoms with E-state index in [9.17, 15) is 9.90 Å². The van der Waals surface area contributed by atoms with E-state index >= 15 is 0 Å². The molecule has 1 aromatic carbocycles. The molecule has 0 saturated carbocycles. The van der Waals surface area contributed by atoms with Crippen LogP contribution in [0.1, 0.15) is 32.6 Å². The molecule has 2 saturated heterocycles. The van der Waals surface area contributed by atoms with Crippen LogP contribution in [-0.2, 0) is 4.79 Å². The van der Waals surface area contributed by atoms with Crippen LogP contribution in [0.3, 0.4) is 0 Å². The van der Waals surface area contributed by atoms with Crippen LogP contribution in [0, 0.1) is 0 Å². The van der Waals surface area contributed by atoms with E-state index in [0.717, 1.165) is 31.7 Å². The molecule has 1 aromatic rings. The highest BCUT2D eigenvalue weighted by Crippen LogP contribution is 2.22. The molecule has 5 heteroatoms. The third kappa shape index (κ3) is 4.03. The maximum atomic E-state index is 12.3. The quantitative estimate of drug-likeness (QED) is 0.893. The van der Waals surface area contributed by atoms with E-state index in [-0.39, 0.29) is 18.1 Å². The summed E-state index contributed by atoms with van der Waals surface area (Å²) >= 11 is 0. The van der Waals surface area contributed by atoms with Crippen LogP contribution < -0.4 is 10.2 Å². The number of carbonyl (C=O) groups excluding carboxylic acids is 1. The second-order valence-electron chi connectivity index (χ2n) is 6.70. The number of piperidine rings is 1. The van der Waals surface area contributed by atoms with Gasteiger partial charge in [-0.3, -0.25) is 9.69 Å². The second kappa shape index (κ2) is 7.32. The van der Waals surface area contributed by atoms with Crippen molar-refractivity contribution in [2.24, 2.45) is 0 Å². The number of carbonyl (C=O) groups is 1. The molecule has 0 bridgehead atoms. The van der Waals surface area contributed by atoms with Crippen molar-refractivity contribution in [3.05, 3.63) is 24.3 Å². The van der Waals surface area contributed by atoms with Crippen LogP contribution in [0.5, 0.6) is 0 Å². The van der Waals surface area contributed by atoms with Gasteiger partial charge in [-0.25, -0.2) is 0 Å². The lowest BCUT2D eigenvalue weighted by Gasteiger charge is -2.29. The minimum Gasteiger partial charge on any atom is -0.392 e. The Bertz CT molecular complexity index is 526. The standard InChI is InChI=1S/C18H27N3O2/c1-14(21-12-9-17(22)13-21)18(23)19-15-5-7-16(8-6-15)20-10-3-2-4-11-20/h5-8,14,17,22H,2-4,9-13H2,1H3,(H,19,23)/t14?,17-/m0/s1. The lowest BCUT2D eigenvalue weighted by Crippen LogP contribution is -2.41. The minimum absolute atomic E-state index is 0.00942. The molecular weight excluding hydrogens is 290 g/mol. The molecule has 5 nitrogen and oxygen atoms in total. The molecule has 2 aliphatic heterocycles. The fraction of sp³-hybridized carbons (Fsp3) is 0.611. The fourth-order valence-corrected chi connectivity index (χ4v) is 3.44. The Hall–Kier alpha value is -1.59. The van der Waals surface area contributed by atoms with Gasteiger partial charge in [0.25, 0.3) is 0 Å². The molecule has 0 aliphatic carbocycles. The van der Waals surface area contributed by atoms with E-state index < -0.39 is 0 Å². The first-order valence-corrected chi connectivity index (χ1v) is 8.71. The maximum absolute atomic E-state index is 12.3. The number of hydrogen-bond donors (Lipinski definition) is 2. The summed E-state index contributed by atoms with van der Waals surface area (Å²) in [5.74, 6) is -0.00942. The highest BCUT2D eigenvalue weighted by Gasteiger charge is 2.28. The van der Waals surface area contributed by atoms with Crippen LogP contribution in [-0.4, -0.2) is 54.2 Å². The van der Waals surface area contributed by atoms with E-state index in [0.29, 0.717) is 6.54 Å². The predicted octanol–water partition coefficient (Wildman–Crippen LogP) is 2.07. The molecule has 2 fully saturated rings. The minimum atomic E-state index is -0.297. The summed E-state index contributed by atoms with van der Waals surface area (Å²) in [6.07, 6.45) is 4.31. The van der Waals surface area contributed by atoms with Crippen LogP contribution in [0.2, 0.25) is 0 Å². The largest absolute Gasteiger partial charge is 0.392 e. The molecule has 126 valence electrons. The summed E-state index contributed by atoms with van der Waals surface area (Å²) in [7, 11) is 0. The van der Waals surface area contributed by atoms with Gasteiger partial charge in [0.05, 0.1) is 12.1 Å². The summed E-state index contributed by atoms with van der Waals surface area (Å²) in [5.41, 5.74) is 2.07. The van der Waals surface area contributed by atoms with Gasteiger partial charge in [-0.1, -0.05) is 0 Å². The van der Waals surface area contributed by atoms with E-state index in [1.54, 1.807) is 0 Å². The van der Waals surface area contributed by atoms with Crippen molar-refractivity contribution in [3.63, 3.8) is 0 Å². The third-order valence-corrected chi connectivity index (χ3v) is 4.98. The fourth-order valence-electron chi connectivity index (χ4n) is 3.44. The van der Waals surface area contributed by atoms with E-state index in [1.165, 1.54) is 24.9 Å². The van der Waals surface area contributed by atoms with E-state index in [4.69, 9.17) is 0 Å². The Morgan fingerprint density at radius 3 is 2.48 bits per heavy atom. The van der Waals surface area contributed by atoms with E-state index in [2.05, 4.69) is 22.3 Å². The zero-order valence-electron chi connectivity index (χ0n) is 13.9. The molecule has 2 aliphatic rings. The van der Waals surface area contributed by atoms with Gasteiger partial charge in [-0.2, -0.15) is 0 Å². The lowest BCUT2D eigenvalue weighted by molar-refractivity contribution is -0.120. The van der Waals surface area contributed by atoms with Crippen molar-refractivity contribution in [1.82, 2.24) is 4.90 Å². The third-order valence-electron chi connectivity index (χ3n) is 4.98. The van der Waals surface area contributed by atoms with Crippen molar-refractivity contribution < 1.29 is 9.90 Å². The number of amides is 1. The zero-order valence-corrected chi connectivity index (χ0v) is 13.9. The predicted molar refractivity (Wildman–Crippen MR) is 92.8 cm³/mol. The van der Waals surface area contributed by atoms with Crippen LogP contribution in [0.25, 0.3) is 0 Å². The highest BCUT2D eigenvalue weighted by molar-refractivity contribution is 5.94. The average molecular weight is 317 g/mol. The molecule has 1 unspecified atom stereocenters. The van der Waals surface area contributed by atoms with Crippen LogP contribution >= 0.6 is 0 Å². The van der Waals surface area contributed by atoms with Gasteiger partial charge < -0.3 is 15.3 Å². The number of rotatable bonds is 4. The maximum Gasteiger partial charge on any atom is 0.241 e. The topological polar surface area (TPSA) is 55.8 Å². The number of nitrogens with one attached hydrogen (secondary N) is 1. The van der Waals surface area contributed by atoms with E-state index in [1.807, 2.05) is 24.0 Å². The number of nitrogens with zero attached hydrogens (tertiary/aromatic N) is 2. The molecule has 0 spiro atoms. The molecule has 2 atom stereocenters. The number of β-amino-alcohol motifs (C(OH)–C–C–N with tert-alkyl or cyclic N) is 1. The van der Waals surface area contributed by atoms with Crippen molar-refractivity contribution in [2.75, 3.05) is 36.4 Å². The summed E-state index contributed by atoms with van der Waals surface area (Å²) in [4.78, 5) is 16.8. The Kier molecular flexibility index (Phi) is 5.18. The van der Waals surface area contributed by atoms with Crippen molar-refractivity contribution in [2.45, 2.75) is 44.8 Å². The Labute approximate surface area is 138 Å². The smallest absolute Gasteiger partial charge is 0.241 e. The second-order valence-corrected chi connectivity index (χ2v) is 6.70. The highest BCUT2D eigenvalue weighted by atomic mass is 16.3. The monoisotopic (exact) mass is 317 g/mol. The lowest BCUT2D eigenvalue weighted by atomic mass is 10.1. The van der Waals surface area contributed by atoms with Crippen LogP contribution in [0.4, 0.5) is 11.4 Å². The van der Waals surface area contributed by atoms with Crippen molar-refractivity contribution >= 4 is 17.3 Å². The molecule has 1 amide bonds. The van der Waals surface area contributed by atoms with Gasteiger partial charge >= 0.3 is 0 Å². The summed E-state index contributed by atoms with van der Waals surface area (Å²) in [6, 6.07) is 7.92. The molecular formula is C18H27N3O2. The first-order chi connectivity index (χ1) is 11.1. The number of benzene rings is 1. The molecule has 23 heavy (non-hydrogen) atoms. The molecule has 0 aromatic heterocycles. The first kappa shape index (κ1) is 16.3. The number of aliphatic hydroxyl groups is 1. The Morgan fingerprint density at radius 1 is 1.17 bits per heavy atom. The SMILES string of the molecule is CC(C(=O)Nc1ccc(N2CCCCC2)cc1)N1CC[C@H](O)C1. The molecule has 2 heterocycles. The van der Waals surface area contributed by atoms with Gasteiger partial charge in [-0.05, 0) is 56.9 Å². The van der Waals surface area contributed by atoms with Crippen molar-refractivity contribution in [1.29, 1.82) is 0 Å². The Morgan fingerprint density at radius 2 is 1.87 bits per heavy atom. The molecule has 0 radical (unpaired) electrons. The van der Waals surface area contributed by atoms with Gasteiger partial charge in [0.15, 0.2) is 0 Å².